The third-order valence-electron chi connectivity index (χ3n) is 6.21. The first-order chi connectivity index (χ1) is 16.4. The SMILES string of the molecule is COc1ccc(C(C)NC(=O)CCc2ccc(S(=O)(=O)N3CCCc4ccccc43)cc2)cc1. The Kier molecular flexibility index (Phi) is 7.22. The summed E-state index contributed by atoms with van der Waals surface area (Å²) < 4.78 is 33.2. The molecule has 4 rings (SSSR count). The van der Waals surface area contributed by atoms with Crippen LogP contribution in [0.5, 0.6) is 5.75 Å². The van der Waals surface area contributed by atoms with Crippen LogP contribution in [-0.4, -0.2) is 28.0 Å². The van der Waals surface area contributed by atoms with E-state index in [4.69, 9.17) is 4.74 Å². The molecule has 1 aliphatic rings. The minimum Gasteiger partial charge on any atom is -0.497 e. The van der Waals surface area contributed by atoms with Gasteiger partial charge in [0.1, 0.15) is 5.75 Å². The second-order valence-electron chi connectivity index (χ2n) is 8.52. The molecule has 0 fully saturated rings. The van der Waals surface area contributed by atoms with Crippen LogP contribution in [0.2, 0.25) is 0 Å². The molecule has 0 bridgehead atoms. The zero-order chi connectivity index (χ0) is 24.1. The summed E-state index contributed by atoms with van der Waals surface area (Å²) in [6, 6.07) is 22.0. The van der Waals surface area contributed by atoms with Crippen LogP contribution in [0, 0.1) is 0 Å². The molecule has 1 N–H and O–H groups in total. The molecule has 0 aromatic heterocycles. The van der Waals surface area contributed by atoms with E-state index in [0.29, 0.717) is 19.4 Å². The van der Waals surface area contributed by atoms with E-state index in [1.807, 2.05) is 55.5 Å². The monoisotopic (exact) mass is 478 g/mol. The Labute approximate surface area is 201 Å². The van der Waals surface area contributed by atoms with E-state index in [-0.39, 0.29) is 16.8 Å². The average molecular weight is 479 g/mol. The van der Waals surface area contributed by atoms with Crippen LogP contribution in [-0.2, 0) is 27.7 Å². The first-order valence-corrected chi connectivity index (χ1v) is 13.0. The van der Waals surface area contributed by atoms with Gasteiger partial charge in [0, 0.05) is 13.0 Å². The number of anilines is 1. The molecule has 0 radical (unpaired) electrons. The van der Waals surface area contributed by atoms with Crippen molar-refractivity contribution in [1.82, 2.24) is 5.32 Å². The number of carbonyl (C=O) groups excluding carboxylic acids is 1. The van der Waals surface area contributed by atoms with Gasteiger partial charge < -0.3 is 10.1 Å². The standard InChI is InChI=1S/C27H30N2O4S/c1-20(22-12-14-24(33-2)15-13-22)28-27(30)18-11-21-9-16-25(17-10-21)34(31,32)29-19-5-7-23-6-3-4-8-26(23)29/h3-4,6,8-10,12-17,20H,5,7,11,18-19H2,1-2H3,(H,28,30). The summed E-state index contributed by atoms with van der Waals surface area (Å²) in [6.07, 6.45) is 2.55. The number of hydrogen-bond donors (Lipinski definition) is 1. The second-order valence-corrected chi connectivity index (χ2v) is 10.4. The highest BCUT2D eigenvalue weighted by molar-refractivity contribution is 7.92. The number of para-hydroxylation sites is 1. The molecule has 0 saturated heterocycles. The molecule has 1 amide bonds. The lowest BCUT2D eigenvalue weighted by molar-refractivity contribution is -0.121. The van der Waals surface area contributed by atoms with Gasteiger partial charge in [0.25, 0.3) is 10.0 Å². The summed E-state index contributed by atoms with van der Waals surface area (Å²) in [5.41, 5.74) is 3.75. The number of ether oxygens (including phenoxy) is 1. The third-order valence-corrected chi connectivity index (χ3v) is 8.04. The molecule has 1 heterocycles. The number of methoxy groups -OCH3 is 1. The van der Waals surface area contributed by atoms with Gasteiger partial charge in [-0.15, -0.1) is 0 Å². The van der Waals surface area contributed by atoms with Crippen LogP contribution in [0.25, 0.3) is 0 Å². The van der Waals surface area contributed by atoms with Crippen molar-refractivity contribution in [2.45, 2.75) is 43.5 Å². The van der Waals surface area contributed by atoms with E-state index < -0.39 is 10.0 Å². The van der Waals surface area contributed by atoms with Crippen molar-refractivity contribution in [3.63, 3.8) is 0 Å². The van der Waals surface area contributed by atoms with Gasteiger partial charge in [-0.1, -0.05) is 42.5 Å². The molecule has 0 spiro atoms. The molecule has 1 atom stereocenters. The molecule has 178 valence electrons. The van der Waals surface area contributed by atoms with Gasteiger partial charge in [-0.25, -0.2) is 8.42 Å². The molecule has 7 heteroatoms. The van der Waals surface area contributed by atoms with Crippen molar-refractivity contribution < 1.29 is 17.9 Å². The van der Waals surface area contributed by atoms with Gasteiger partial charge in [0.15, 0.2) is 0 Å². The molecule has 1 aliphatic heterocycles. The van der Waals surface area contributed by atoms with E-state index >= 15 is 0 Å². The fourth-order valence-electron chi connectivity index (χ4n) is 4.25. The van der Waals surface area contributed by atoms with Crippen LogP contribution < -0.4 is 14.4 Å². The van der Waals surface area contributed by atoms with Gasteiger partial charge in [0.2, 0.25) is 5.91 Å². The lowest BCUT2D eigenvalue weighted by Gasteiger charge is -2.30. The van der Waals surface area contributed by atoms with Crippen molar-refractivity contribution in [1.29, 1.82) is 0 Å². The molecule has 6 nitrogen and oxygen atoms in total. The van der Waals surface area contributed by atoms with Gasteiger partial charge in [-0.05, 0) is 73.2 Å². The van der Waals surface area contributed by atoms with E-state index in [9.17, 15) is 13.2 Å². The third kappa shape index (κ3) is 5.25. The Hall–Kier alpha value is -3.32. The Morgan fingerprint density at radius 3 is 2.44 bits per heavy atom. The van der Waals surface area contributed by atoms with E-state index in [1.54, 1.807) is 31.4 Å². The van der Waals surface area contributed by atoms with Crippen LogP contribution >= 0.6 is 0 Å². The maximum atomic E-state index is 13.3. The summed E-state index contributed by atoms with van der Waals surface area (Å²) in [6.45, 7) is 2.42. The fraction of sp³-hybridized carbons (Fsp3) is 0.296. The Balaban J connectivity index is 1.36. The van der Waals surface area contributed by atoms with Crippen molar-refractivity contribution >= 4 is 21.6 Å². The predicted molar refractivity (Wildman–Crippen MR) is 134 cm³/mol. The number of hydrogen-bond acceptors (Lipinski definition) is 4. The summed E-state index contributed by atoms with van der Waals surface area (Å²) in [5.74, 6) is 0.724. The number of benzene rings is 3. The summed E-state index contributed by atoms with van der Waals surface area (Å²) >= 11 is 0. The number of nitrogens with one attached hydrogen (secondary N) is 1. The molecule has 3 aromatic carbocycles. The lowest BCUT2D eigenvalue weighted by atomic mass is 10.0. The number of amides is 1. The van der Waals surface area contributed by atoms with Crippen LogP contribution in [0.4, 0.5) is 5.69 Å². The quantitative estimate of drug-likeness (QED) is 0.512. The van der Waals surface area contributed by atoms with Crippen molar-refractivity contribution in [3.05, 3.63) is 89.5 Å². The normalized spacial score (nSPS) is 14.2. The van der Waals surface area contributed by atoms with E-state index in [2.05, 4.69) is 5.32 Å². The molecule has 34 heavy (non-hydrogen) atoms. The number of fused-ring (bicyclic) bond motifs is 1. The molecule has 3 aromatic rings. The zero-order valence-electron chi connectivity index (χ0n) is 19.5. The van der Waals surface area contributed by atoms with Gasteiger partial charge in [-0.3, -0.25) is 9.10 Å². The molecule has 0 aliphatic carbocycles. The van der Waals surface area contributed by atoms with Crippen molar-refractivity contribution in [2.75, 3.05) is 18.0 Å². The largest absolute Gasteiger partial charge is 0.497 e. The number of rotatable bonds is 8. The number of sulfonamides is 1. The number of nitrogens with zero attached hydrogens (tertiary/aromatic N) is 1. The highest BCUT2D eigenvalue weighted by Gasteiger charge is 2.28. The van der Waals surface area contributed by atoms with Crippen molar-refractivity contribution in [2.24, 2.45) is 0 Å². The second kappa shape index (κ2) is 10.3. The first kappa shape index (κ1) is 23.8. The fourth-order valence-corrected chi connectivity index (χ4v) is 5.79. The van der Waals surface area contributed by atoms with Crippen molar-refractivity contribution in [3.8, 4) is 5.75 Å². The Morgan fingerprint density at radius 1 is 1.03 bits per heavy atom. The average Bonchev–Trinajstić information content (AvgIpc) is 2.87. The van der Waals surface area contributed by atoms with E-state index in [0.717, 1.165) is 41.0 Å². The zero-order valence-corrected chi connectivity index (χ0v) is 20.3. The van der Waals surface area contributed by atoms with Crippen LogP contribution in [0.15, 0.2) is 77.7 Å². The van der Waals surface area contributed by atoms with Gasteiger partial charge >= 0.3 is 0 Å². The van der Waals surface area contributed by atoms with Gasteiger partial charge in [-0.2, -0.15) is 0 Å². The summed E-state index contributed by atoms with van der Waals surface area (Å²) in [4.78, 5) is 12.7. The number of aryl methyl sites for hydroxylation is 2. The highest BCUT2D eigenvalue weighted by Crippen LogP contribution is 2.31. The highest BCUT2D eigenvalue weighted by atomic mass is 32.2. The van der Waals surface area contributed by atoms with Gasteiger partial charge in [0.05, 0.1) is 23.7 Å². The minimum atomic E-state index is -3.63. The lowest BCUT2D eigenvalue weighted by Crippen LogP contribution is -2.35. The smallest absolute Gasteiger partial charge is 0.264 e. The molecule has 1 unspecified atom stereocenters. The Bertz CT molecular complexity index is 1240. The molecular formula is C27H30N2O4S. The summed E-state index contributed by atoms with van der Waals surface area (Å²) in [7, 11) is -2.01. The maximum absolute atomic E-state index is 13.3. The topological polar surface area (TPSA) is 75.7 Å². The predicted octanol–water partition coefficient (Wildman–Crippen LogP) is 4.65. The maximum Gasteiger partial charge on any atom is 0.264 e. The first-order valence-electron chi connectivity index (χ1n) is 11.5. The van der Waals surface area contributed by atoms with E-state index in [1.165, 1.54) is 4.31 Å². The summed E-state index contributed by atoms with van der Waals surface area (Å²) in [5, 5.41) is 3.01. The molecular weight excluding hydrogens is 448 g/mol. The Morgan fingerprint density at radius 2 is 1.74 bits per heavy atom. The van der Waals surface area contributed by atoms with Crippen LogP contribution in [0.1, 0.15) is 42.5 Å². The number of carbonyl (C=O) groups is 1. The molecule has 0 saturated carbocycles. The van der Waals surface area contributed by atoms with Crippen LogP contribution in [0.3, 0.4) is 0 Å². The minimum absolute atomic E-state index is 0.0510.